The maximum atomic E-state index is 4.55. The molecule has 3 heteroatoms. The fraction of sp³-hybridized carbons (Fsp3) is 0.105. The van der Waals surface area contributed by atoms with Crippen molar-refractivity contribution in [3.8, 4) is 22.4 Å². The molecule has 0 spiro atoms. The molecule has 0 saturated heterocycles. The van der Waals surface area contributed by atoms with E-state index >= 15 is 0 Å². The van der Waals surface area contributed by atoms with Gasteiger partial charge in [0.15, 0.2) is 0 Å². The molecule has 2 aromatic heterocycles. The van der Waals surface area contributed by atoms with Crippen LogP contribution in [0.25, 0.3) is 28.2 Å². The summed E-state index contributed by atoms with van der Waals surface area (Å²) in [5, 5.41) is 0. The van der Waals surface area contributed by atoms with Crippen LogP contribution in [0.5, 0.6) is 0 Å². The highest BCUT2D eigenvalue weighted by Crippen LogP contribution is 2.26. The van der Waals surface area contributed by atoms with Crippen LogP contribution in [0.4, 0.5) is 0 Å². The van der Waals surface area contributed by atoms with E-state index in [9.17, 15) is 0 Å². The van der Waals surface area contributed by atoms with Gasteiger partial charge in [-0.3, -0.25) is 4.40 Å². The molecule has 0 saturated carbocycles. The lowest BCUT2D eigenvalue weighted by Crippen LogP contribution is -1.92. The third-order valence-electron chi connectivity index (χ3n) is 4.04. The Morgan fingerprint density at radius 2 is 1.41 bits per heavy atom. The number of nitrogens with zero attached hydrogens (tertiary/aromatic N) is 3. The van der Waals surface area contributed by atoms with Crippen molar-refractivity contribution in [3.05, 3.63) is 72.7 Å². The van der Waals surface area contributed by atoms with E-state index in [4.69, 9.17) is 0 Å². The lowest BCUT2D eigenvalue weighted by Gasteiger charge is -2.05. The Balaban J connectivity index is 1.76. The molecule has 0 fully saturated rings. The molecule has 0 aliphatic carbocycles. The van der Waals surface area contributed by atoms with Crippen LogP contribution >= 0.6 is 0 Å². The van der Waals surface area contributed by atoms with Gasteiger partial charge in [-0.2, -0.15) is 0 Å². The van der Waals surface area contributed by atoms with Gasteiger partial charge in [0.1, 0.15) is 0 Å². The van der Waals surface area contributed by atoms with Crippen molar-refractivity contribution in [1.29, 1.82) is 0 Å². The fourth-order valence-corrected chi connectivity index (χ4v) is 2.90. The summed E-state index contributed by atoms with van der Waals surface area (Å²) in [6.45, 7) is 2.02. The summed E-state index contributed by atoms with van der Waals surface area (Å²) in [6, 6.07) is 19.1. The monoisotopic (exact) mass is 287 g/mol. The van der Waals surface area contributed by atoms with E-state index in [-0.39, 0.29) is 0 Å². The van der Waals surface area contributed by atoms with E-state index < -0.39 is 0 Å². The van der Waals surface area contributed by atoms with Crippen LogP contribution in [0.1, 0.15) is 5.69 Å². The van der Waals surface area contributed by atoms with Crippen molar-refractivity contribution in [3.63, 3.8) is 0 Å². The Labute approximate surface area is 129 Å². The average molecular weight is 287 g/mol. The van der Waals surface area contributed by atoms with Gasteiger partial charge >= 0.3 is 0 Å². The maximum Gasteiger partial charge on any atom is 0.214 e. The molecule has 0 bridgehead atoms. The van der Waals surface area contributed by atoms with Gasteiger partial charge < -0.3 is 4.57 Å². The van der Waals surface area contributed by atoms with Crippen LogP contribution in [-0.2, 0) is 7.05 Å². The molecule has 22 heavy (non-hydrogen) atoms. The van der Waals surface area contributed by atoms with E-state index in [0.717, 1.165) is 11.5 Å². The van der Waals surface area contributed by atoms with Gasteiger partial charge in [-0.1, -0.05) is 54.6 Å². The summed E-state index contributed by atoms with van der Waals surface area (Å²) in [7, 11) is 2.06. The molecule has 4 rings (SSSR count). The Hall–Kier alpha value is -2.81. The molecule has 3 nitrogen and oxygen atoms in total. The van der Waals surface area contributed by atoms with Gasteiger partial charge in [-0.15, -0.1) is 0 Å². The second-order valence-electron chi connectivity index (χ2n) is 5.61. The Kier molecular flexibility index (Phi) is 2.86. The van der Waals surface area contributed by atoms with Gasteiger partial charge in [-0.25, -0.2) is 4.98 Å². The van der Waals surface area contributed by atoms with Gasteiger partial charge in [0.2, 0.25) is 5.78 Å². The molecule has 0 radical (unpaired) electrons. The van der Waals surface area contributed by atoms with E-state index in [0.29, 0.717) is 0 Å². The number of benzene rings is 2. The summed E-state index contributed by atoms with van der Waals surface area (Å²) in [5.74, 6) is 0.972. The highest BCUT2D eigenvalue weighted by atomic mass is 15.2. The second-order valence-corrected chi connectivity index (χ2v) is 5.61. The number of hydrogen-bond donors (Lipinski definition) is 0. The summed E-state index contributed by atoms with van der Waals surface area (Å²) in [6.07, 6.45) is 4.18. The molecule has 0 amide bonds. The van der Waals surface area contributed by atoms with E-state index in [1.165, 1.54) is 22.4 Å². The quantitative estimate of drug-likeness (QED) is 0.538. The van der Waals surface area contributed by atoms with Gasteiger partial charge in [0, 0.05) is 19.4 Å². The lowest BCUT2D eigenvalue weighted by molar-refractivity contribution is 0.943. The summed E-state index contributed by atoms with van der Waals surface area (Å²) < 4.78 is 4.21. The molecule has 2 heterocycles. The van der Waals surface area contributed by atoms with Crippen LogP contribution < -0.4 is 0 Å². The Morgan fingerprint density at radius 1 is 0.773 bits per heavy atom. The number of aryl methyl sites for hydroxylation is 2. The number of aromatic nitrogens is 3. The number of rotatable bonds is 2. The molecule has 0 N–H and O–H groups in total. The zero-order valence-electron chi connectivity index (χ0n) is 12.7. The molecule has 4 aromatic rings. The summed E-state index contributed by atoms with van der Waals surface area (Å²) >= 11 is 0. The predicted molar refractivity (Wildman–Crippen MR) is 89.8 cm³/mol. The first-order valence-corrected chi connectivity index (χ1v) is 7.39. The van der Waals surface area contributed by atoms with E-state index in [1.54, 1.807) is 0 Å². The molecule has 0 aliphatic heterocycles. The van der Waals surface area contributed by atoms with Crippen LogP contribution in [0, 0.1) is 6.92 Å². The molecule has 108 valence electrons. The first-order chi connectivity index (χ1) is 10.7. The summed E-state index contributed by atoms with van der Waals surface area (Å²) in [5.41, 5.74) is 5.88. The third kappa shape index (κ3) is 2.02. The minimum Gasteiger partial charge on any atom is -0.313 e. The molecular formula is C19H17N3. The van der Waals surface area contributed by atoms with Crippen LogP contribution in [0.3, 0.4) is 0 Å². The molecule has 2 aromatic carbocycles. The van der Waals surface area contributed by atoms with Crippen molar-refractivity contribution >= 4 is 5.78 Å². The van der Waals surface area contributed by atoms with E-state index in [1.807, 2.05) is 13.0 Å². The zero-order chi connectivity index (χ0) is 15.1. The molecule has 0 atom stereocenters. The van der Waals surface area contributed by atoms with Crippen LogP contribution in [0.15, 0.2) is 67.0 Å². The second kappa shape index (κ2) is 4.88. The van der Waals surface area contributed by atoms with Crippen molar-refractivity contribution in [2.75, 3.05) is 0 Å². The largest absolute Gasteiger partial charge is 0.313 e. The first kappa shape index (κ1) is 12.9. The smallest absolute Gasteiger partial charge is 0.214 e. The van der Waals surface area contributed by atoms with Crippen LogP contribution in [0.2, 0.25) is 0 Å². The summed E-state index contributed by atoms with van der Waals surface area (Å²) in [4.78, 5) is 4.55. The lowest BCUT2D eigenvalue weighted by atomic mass is 10.0. The van der Waals surface area contributed by atoms with Gasteiger partial charge in [-0.05, 0) is 23.6 Å². The molecular weight excluding hydrogens is 270 g/mol. The van der Waals surface area contributed by atoms with Crippen molar-refractivity contribution < 1.29 is 0 Å². The normalized spacial score (nSPS) is 11.2. The van der Waals surface area contributed by atoms with Crippen LogP contribution in [-0.4, -0.2) is 14.0 Å². The Morgan fingerprint density at radius 3 is 2.09 bits per heavy atom. The van der Waals surface area contributed by atoms with Crippen molar-refractivity contribution in [2.45, 2.75) is 6.92 Å². The maximum absolute atomic E-state index is 4.55. The topological polar surface area (TPSA) is 22.2 Å². The van der Waals surface area contributed by atoms with E-state index in [2.05, 4.69) is 81.9 Å². The molecule has 0 aliphatic rings. The van der Waals surface area contributed by atoms with Crippen molar-refractivity contribution in [1.82, 2.24) is 14.0 Å². The zero-order valence-corrected chi connectivity index (χ0v) is 12.7. The minimum atomic E-state index is 0.972. The minimum absolute atomic E-state index is 0.972. The predicted octanol–water partition coefficient (Wildman–Crippen LogP) is 4.32. The number of hydrogen-bond acceptors (Lipinski definition) is 1. The van der Waals surface area contributed by atoms with Gasteiger partial charge in [0.25, 0.3) is 0 Å². The van der Waals surface area contributed by atoms with Gasteiger partial charge in [0.05, 0.1) is 11.4 Å². The number of imidazole rings is 2. The van der Waals surface area contributed by atoms with Crippen molar-refractivity contribution in [2.24, 2.45) is 7.05 Å². The highest BCUT2D eigenvalue weighted by molar-refractivity contribution is 5.69. The SMILES string of the molecule is Cc1cn2cc(-c3ccc(-c4ccccc4)cc3)n(C)c2n1. The third-order valence-corrected chi connectivity index (χ3v) is 4.04. The number of fused-ring (bicyclic) bond motifs is 1. The average Bonchev–Trinajstić information content (AvgIpc) is 3.06. The fourth-order valence-electron chi connectivity index (χ4n) is 2.90. The first-order valence-electron chi connectivity index (χ1n) is 7.39. The molecule has 0 unspecified atom stereocenters. The highest BCUT2D eigenvalue weighted by Gasteiger charge is 2.10. The standard InChI is InChI=1S/C19H17N3/c1-14-12-22-13-18(21(2)19(22)20-14)17-10-8-16(9-11-17)15-6-4-3-5-7-15/h3-13H,1-2H3. The Bertz CT molecular complexity index is 928.